The number of rotatable bonds is 4. The Morgan fingerprint density at radius 3 is 2.80 bits per heavy atom. The molecule has 0 aliphatic carbocycles. The minimum atomic E-state index is -0.582. The van der Waals surface area contributed by atoms with E-state index in [1.165, 1.54) is 12.1 Å². The average molecular weight is 294 g/mol. The lowest BCUT2D eigenvalue weighted by Crippen LogP contribution is -2.20. The van der Waals surface area contributed by atoms with E-state index in [-0.39, 0.29) is 17.3 Å². The lowest BCUT2D eigenvalue weighted by molar-refractivity contribution is -0.118. The second-order valence-electron chi connectivity index (χ2n) is 4.28. The second kappa shape index (κ2) is 6.39. The summed E-state index contributed by atoms with van der Waals surface area (Å²) in [6.45, 7) is 1.74. The lowest BCUT2D eigenvalue weighted by Gasteiger charge is -2.08. The maximum absolute atomic E-state index is 13.5. The van der Waals surface area contributed by atoms with Gasteiger partial charge in [-0.3, -0.25) is 4.79 Å². The van der Waals surface area contributed by atoms with Gasteiger partial charge in [0.25, 0.3) is 5.91 Å². The number of hydrogen-bond acceptors (Lipinski definition) is 2. The van der Waals surface area contributed by atoms with Gasteiger partial charge in [0, 0.05) is 5.02 Å². The second-order valence-corrected chi connectivity index (χ2v) is 4.71. The third-order valence-electron chi connectivity index (χ3n) is 2.56. The molecular weight excluding hydrogens is 281 g/mol. The zero-order valence-corrected chi connectivity index (χ0v) is 11.6. The van der Waals surface area contributed by atoms with E-state index in [9.17, 15) is 9.18 Å². The Kier molecular flexibility index (Phi) is 4.58. The van der Waals surface area contributed by atoms with Gasteiger partial charge in [0.1, 0.15) is 11.6 Å². The summed E-state index contributed by atoms with van der Waals surface area (Å²) in [5.74, 6) is -0.425. The highest BCUT2D eigenvalue weighted by Crippen LogP contribution is 2.19. The van der Waals surface area contributed by atoms with Gasteiger partial charge in [0.15, 0.2) is 6.61 Å². The standard InChI is InChI=1S/C15H13ClFNO2/c1-10-3-2-4-12(7-10)20-9-15(19)18-14-6-5-11(16)8-13(14)17/h2-8H,9H2,1H3,(H,18,19). The fourth-order valence-corrected chi connectivity index (χ4v) is 1.79. The van der Waals surface area contributed by atoms with E-state index in [0.29, 0.717) is 5.75 Å². The third-order valence-corrected chi connectivity index (χ3v) is 2.80. The van der Waals surface area contributed by atoms with Crippen LogP contribution in [0.3, 0.4) is 0 Å². The summed E-state index contributed by atoms with van der Waals surface area (Å²) in [5.41, 5.74) is 1.11. The van der Waals surface area contributed by atoms with Gasteiger partial charge in [-0.2, -0.15) is 0 Å². The summed E-state index contributed by atoms with van der Waals surface area (Å²) in [6, 6.07) is 11.4. The lowest BCUT2D eigenvalue weighted by atomic mass is 10.2. The number of benzene rings is 2. The van der Waals surface area contributed by atoms with E-state index < -0.39 is 11.7 Å². The number of ether oxygens (including phenoxy) is 1. The van der Waals surface area contributed by atoms with Gasteiger partial charge in [-0.1, -0.05) is 23.7 Å². The maximum Gasteiger partial charge on any atom is 0.262 e. The predicted molar refractivity (Wildman–Crippen MR) is 76.7 cm³/mol. The van der Waals surface area contributed by atoms with Crippen molar-refractivity contribution in [1.29, 1.82) is 0 Å². The van der Waals surface area contributed by atoms with Crippen LogP contribution in [0.15, 0.2) is 42.5 Å². The monoisotopic (exact) mass is 293 g/mol. The smallest absolute Gasteiger partial charge is 0.262 e. The number of hydrogen-bond donors (Lipinski definition) is 1. The van der Waals surface area contributed by atoms with Crippen molar-refractivity contribution in [3.8, 4) is 5.75 Å². The van der Waals surface area contributed by atoms with E-state index in [1.54, 1.807) is 6.07 Å². The number of amides is 1. The Hall–Kier alpha value is -2.07. The molecule has 104 valence electrons. The molecule has 0 aliphatic heterocycles. The first-order valence-electron chi connectivity index (χ1n) is 5.99. The van der Waals surface area contributed by atoms with E-state index in [4.69, 9.17) is 16.3 Å². The first-order valence-corrected chi connectivity index (χ1v) is 6.37. The zero-order chi connectivity index (χ0) is 14.5. The Morgan fingerprint density at radius 2 is 2.10 bits per heavy atom. The predicted octanol–water partition coefficient (Wildman–Crippen LogP) is 3.81. The highest BCUT2D eigenvalue weighted by Gasteiger charge is 2.08. The van der Waals surface area contributed by atoms with Crippen LogP contribution in [0.25, 0.3) is 0 Å². The first kappa shape index (κ1) is 14.3. The van der Waals surface area contributed by atoms with Crippen LogP contribution in [-0.4, -0.2) is 12.5 Å². The van der Waals surface area contributed by atoms with Crippen LogP contribution in [0.1, 0.15) is 5.56 Å². The molecule has 2 rings (SSSR count). The van der Waals surface area contributed by atoms with Crippen molar-refractivity contribution in [3.63, 3.8) is 0 Å². The van der Waals surface area contributed by atoms with Crippen LogP contribution < -0.4 is 10.1 Å². The van der Waals surface area contributed by atoms with Crippen molar-refractivity contribution in [2.24, 2.45) is 0 Å². The topological polar surface area (TPSA) is 38.3 Å². The molecule has 1 N–H and O–H groups in total. The Morgan fingerprint density at radius 1 is 1.30 bits per heavy atom. The number of carbonyl (C=O) groups is 1. The third kappa shape index (κ3) is 3.96. The molecule has 3 nitrogen and oxygen atoms in total. The summed E-state index contributed by atoms with van der Waals surface area (Å²) in [6.07, 6.45) is 0. The molecule has 0 fully saturated rings. The van der Waals surface area contributed by atoms with E-state index in [1.807, 2.05) is 25.1 Å². The molecule has 0 atom stereocenters. The number of aryl methyl sites for hydroxylation is 1. The maximum atomic E-state index is 13.5. The minimum Gasteiger partial charge on any atom is -0.484 e. The van der Waals surface area contributed by atoms with Gasteiger partial charge < -0.3 is 10.1 Å². The van der Waals surface area contributed by atoms with Gasteiger partial charge in [-0.05, 0) is 42.8 Å². The number of carbonyl (C=O) groups excluding carboxylic acids is 1. The number of anilines is 1. The minimum absolute atomic E-state index is 0.0762. The first-order chi connectivity index (χ1) is 9.54. The van der Waals surface area contributed by atoms with Crippen LogP contribution in [0.4, 0.5) is 10.1 Å². The van der Waals surface area contributed by atoms with Crippen molar-refractivity contribution in [1.82, 2.24) is 0 Å². The molecule has 0 radical (unpaired) electrons. The van der Waals surface area contributed by atoms with Crippen molar-refractivity contribution in [2.45, 2.75) is 6.92 Å². The van der Waals surface area contributed by atoms with Gasteiger partial charge in [-0.25, -0.2) is 4.39 Å². The largest absolute Gasteiger partial charge is 0.484 e. The van der Waals surface area contributed by atoms with Crippen LogP contribution in [0.2, 0.25) is 5.02 Å². The van der Waals surface area contributed by atoms with Gasteiger partial charge >= 0.3 is 0 Å². The molecule has 0 unspecified atom stereocenters. The molecule has 0 bridgehead atoms. The van der Waals surface area contributed by atoms with E-state index >= 15 is 0 Å². The SMILES string of the molecule is Cc1cccc(OCC(=O)Nc2ccc(Cl)cc2F)c1. The van der Waals surface area contributed by atoms with Crippen molar-refractivity contribution >= 4 is 23.2 Å². The quantitative estimate of drug-likeness (QED) is 0.931. The van der Waals surface area contributed by atoms with Crippen LogP contribution in [0.5, 0.6) is 5.75 Å². The van der Waals surface area contributed by atoms with Crippen LogP contribution in [0, 0.1) is 12.7 Å². The fraction of sp³-hybridized carbons (Fsp3) is 0.133. The highest BCUT2D eigenvalue weighted by molar-refractivity contribution is 6.30. The van der Waals surface area contributed by atoms with Gasteiger partial charge in [0.2, 0.25) is 0 Å². The summed E-state index contributed by atoms with van der Waals surface area (Å²) in [5, 5.41) is 2.70. The Balaban J connectivity index is 1.92. The van der Waals surface area contributed by atoms with Crippen molar-refractivity contribution in [3.05, 3.63) is 58.9 Å². The molecule has 20 heavy (non-hydrogen) atoms. The Labute approximate surface area is 121 Å². The molecule has 5 heteroatoms. The summed E-state index contributed by atoms with van der Waals surface area (Å²) >= 11 is 5.63. The molecule has 0 heterocycles. The summed E-state index contributed by atoms with van der Waals surface area (Å²) < 4.78 is 18.8. The molecule has 0 aromatic heterocycles. The van der Waals surface area contributed by atoms with Crippen LogP contribution >= 0.6 is 11.6 Å². The average Bonchev–Trinajstić information content (AvgIpc) is 2.40. The molecule has 0 aliphatic rings. The van der Waals surface area contributed by atoms with Gasteiger partial charge in [-0.15, -0.1) is 0 Å². The molecule has 0 saturated heterocycles. The molecule has 1 amide bonds. The fourth-order valence-electron chi connectivity index (χ4n) is 1.63. The summed E-state index contributed by atoms with van der Waals surface area (Å²) in [7, 11) is 0. The van der Waals surface area contributed by atoms with E-state index in [0.717, 1.165) is 11.6 Å². The summed E-state index contributed by atoms with van der Waals surface area (Å²) in [4.78, 5) is 11.7. The van der Waals surface area contributed by atoms with E-state index in [2.05, 4.69) is 5.32 Å². The molecule has 0 spiro atoms. The normalized spacial score (nSPS) is 10.2. The zero-order valence-electron chi connectivity index (χ0n) is 10.8. The van der Waals surface area contributed by atoms with Crippen molar-refractivity contribution in [2.75, 3.05) is 11.9 Å². The molecule has 2 aromatic carbocycles. The number of nitrogens with one attached hydrogen (secondary N) is 1. The van der Waals surface area contributed by atoms with Crippen molar-refractivity contribution < 1.29 is 13.9 Å². The molecule has 2 aromatic rings. The van der Waals surface area contributed by atoms with Crippen LogP contribution in [-0.2, 0) is 4.79 Å². The highest BCUT2D eigenvalue weighted by atomic mass is 35.5. The number of halogens is 2. The molecule has 0 saturated carbocycles. The Bertz CT molecular complexity index is 631. The molecular formula is C15H13ClFNO2. The van der Waals surface area contributed by atoms with Gasteiger partial charge in [0.05, 0.1) is 5.69 Å².